The highest BCUT2D eigenvalue weighted by Crippen LogP contribution is 2.40. The van der Waals surface area contributed by atoms with E-state index >= 15 is 0 Å². The zero-order valence-corrected chi connectivity index (χ0v) is 23.5. The Kier molecular flexibility index (Phi) is 7.38. The summed E-state index contributed by atoms with van der Waals surface area (Å²) in [4.78, 5) is 22.7. The van der Waals surface area contributed by atoms with Crippen molar-refractivity contribution in [3.63, 3.8) is 0 Å². The largest absolute Gasteiger partial charge is 0.493 e. The lowest BCUT2D eigenvalue weighted by Crippen LogP contribution is -2.31. The fourth-order valence-electron chi connectivity index (χ4n) is 5.00. The van der Waals surface area contributed by atoms with Gasteiger partial charge in [0.05, 0.1) is 24.6 Å². The molecule has 3 heterocycles. The van der Waals surface area contributed by atoms with E-state index in [0.29, 0.717) is 46.8 Å². The summed E-state index contributed by atoms with van der Waals surface area (Å²) in [5, 5.41) is 11.2. The number of carbonyl (C=O) groups is 1. The number of allylic oxidation sites excluding steroid dienone is 1. The van der Waals surface area contributed by atoms with Crippen molar-refractivity contribution >= 4 is 17.5 Å². The van der Waals surface area contributed by atoms with Crippen molar-refractivity contribution in [2.24, 2.45) is 0 Å². The maximum Gasteiger partial charge on any atom is 0.255 e. The Morgan fingerprint density at radius 3 is 2.60 bits per heavy atom. The van der Waals surface area contributed by atoms with Crippen LogP contribution in [0.5, 0.6) is 11.5 Å². The van der Waals surface area contributed by atoms with Crippen LogP contribution < -0.4 is 20.1 Å². The third kappa shape index (κ3) is 5.44. The third-order valence-electron chi connectivity index (χ3n) is 7.03. The molecule has 0 saturated carbocycles. The van der Waals surface area contributed by atoms with Crippen LogP contribution in [-0.4, -0.2) is 32.8 Å². The average molecular weight is 559 g/mol. The van der Waals surface area contributed by atoms with Crippen LogP contribution in [-0.2, 0) is 11.4 Å². The highest BCUT2D eigenvalue weighted by molar-refractivity contribution is 6.06. The van der Waals surface area contributed by atoms with Gasteiger partial charge >= 0.3 is 0 Å². The standard InChI is InChI=1S/C33H30N6O3/c1-21-9-7-12-25(17-21)31-37-33-35-22(2)29(32(40)36-26-13-8-16-34-19-26)30(39(33)38-31)24-14-15-27(28(18-24)41-3)42-20-23-10-5-4-6-11-23/h4-19,30H,20H2,1-3H3,(H,36,40)(H,35,37,38). The minimum Gasteiger partial charge on any atom is -0.493 e. The zero-order chi connectivity index (χ0) is 29.1. The maximum atomic E-state index is 13.8. The highest BCUT2D eigenvalue weighted by Gasteiger charge is 2.35. The molecule has 2 aromatic heterocycles. The molecular formula is C33H30N6O3. The molecule has 1 amide bonds. The molecule has 0 aliphatic carbocycles. The summed E-state index contributed by atoms with van der Waals surface area (Å²) < 4.78 is 13.6. The van der Waals surface area contributed by atoms with Crippen molar-refractivity contribution in [3.8, 4) is 22.9 Å². The number of carbonyl (C=O) groups excluding carboxylic acids is 1. The lowest BCUT2D eigenvalue weighted by Gasteiger charge is -2.29. The van der Waals surface area contributed by atoms with Crippen molar-refractivity contribution < 1.29 is 14.3 Å². The number of fused-ring (bicyclic) bond motifs is 1. The quantitative estimate of drug-likeness (QED) is 0.235. The number of anilines is 2. The maximum absolute atomic E-state index is 13.8. The number of methoxy groups -OCH3 is 1. The predicted octanol–water partition coefficient (Wildman–Crippen LogP) is 6.16. The summed E-state index contributed by atoms with van der Waals surface area (Å²) in [7, 11) is 1.60. The monoisotopic (exact) mass is 558 g/mol. The zero-order valence-electron chi connectivity index (χ0n) is 23.5. The van der Waals surface area contributed by atoms with Gasteiger partial charge < -0.3 is 20.1 Å². The van der Waals surface area contributed by atoms with Crippen LogP contribution in [0.3, 0.4) is 0 Å². The number of rotatable bonds is 8. The minimum absolute atomic E-state index is 0.278. The number of aromatic nitrogens is 4. The van der Waals surface area contributed by atoms with Gasteiger partial charge in [-0.3, -0.25) is 9.78 Å². The number of hydrogen-bond donors (Lipinski definition) is 2. The molecule has 42 heavy (non-hydrogen) atoms. The molecule has 0 radical (unpaired) electrons. The molecule has 1 unspecified atom stereocenters. The molecule has 0 saturated heterocycles. The lowest BCUT2D eigenvalue weighted by molar-refractivity contribution is -0.113. The second kappa shape index (κ2) is 11.6. The number of benzene rings is 3. The Morgan fingerprint density at radius 2 is 1.83 bits per heavy atom. The Morgan fingerprint density at radius 1 is 0.976 bits per heavy atom. The average Bonchev–Trinajstić information content (AvgIpc) is 3.44. The van der Waals surface area contributed by atoms with Gasteiger partial charge in [0.1, 0.15) is 12.6 Å². The number of amides is 1. The number of nitrogens with zero attached hydrogens (tertiary/aromatic N) is 4. The highest BCUT2D eigenvalue weighted by atomic mass is 16.5. The van der Waals surface area contributed by atoms with E-state index in [0.717, 1.165) is 22.3 Å². The van der Waals surface area contributed by atoms with E-state index in [2.05, 4.69) is 15.6 Å². The topological polar surface area (TPSA) is 103 Å². The first kappa shape index (κ1) is 26.8. The molecule has 9 nitrogen and oxygen atoms in total. The van der Waals surface area contributed by atoms with Crippen molar-refractivity contribution in [3.05, 3.63) is 125 Å². The second-order valence-corrected chi connectivity index (χ2v) is 10.0. The number of ether oxygens (including phenoxy) is 2. The van der Waals surface area contributed by atoms with E-state index in [1.165, 1.54) is 0 Å². The fraction of sp³-hybridized carbons (Fsp3) is 0.152. The van der Waals surface area contributed by atoms with E-state index in [-0.39, 0.29) is 5.91 Å². The first-order valence-electron chi connectivity index (χ1n) is 13.6. The van der Waals surface area contributed by atoms with Crippen LogP contribution in [0.1, 0.15) is 29.7 Å². The molecule has 3 aromatic carbocycles. The fourth-order valence-corrected chi connectivity index (χ4v) is 5.00. The van der Waals surface area contributed by atoms with Gasteiger partial charge in [0.2, 0.25) is 5.95 Å². The summed E-state index contributed by atoms with van der Waals surface area (Å²) in [6.45, 7) is 4.29. The van der Waals surface area contributed by atoms with Gasteiger partial charge in [0, 0.05) is 17.5 Å². The molecular weight excluding hydrogens is 528 g/mol. The molecule has 1 aliphatic rings. The van der Waals surface area contributed by atoms with Crippen LogP contribution in [0.15, 0.2) is 109 Å². The van der Waals surface area contributed by atoms with Crippen LogP contribution in [0.25, 0.3) is 11.4 Å². The van der Waals surface area contributed by atoms with Crippen molar-refractivity contribution in [2.45, 2.75) is 26.5 Å². The number of nitrogens with one attached hydrogen (secondary N) is 2. The van der Waals surface area contributed by atoms with Gasteiger partial charge in [0.25, 0.3) is 5.91 Å². The van der Waals surface area contributed by atoms with Crippen LogP contribution >= 0.6 is 0 Å². The van der Waals surface area contributed by atoms with E-state index in [4.69, 9.17) is 19.6 Å². The summed E-state index contributed by atoms with van der Waals surface area (Å²) >= 11 is 0. The number of aryl methyl sites for hydroxylation is 1. The van der Waals surface area contributed by atoms with Gasteiger partial charge in [-0.05, 0) is 55.3 Å². The van der Waals surface area contributed by atoms with Gasteiger partial charge in [-0.1, -0.05) is 60.2 Å². The molecule has 0 fully saturated rings. The molecule has 1 atom stereocenters. The van der Waals surface area contributed by atoms with E-state index in [1.54, 1.807) is 36.3 Å². The lowest BCUT2D eigenvalue weighted by atomic mass is 9.94. The van der Waals surface area contributed by atoms with Crippen molar-refractivity contribution in [1.29, 1.82) is 0 Å². The van der Waals surface area contributed by atoms with E-state index in [9.17, 15) is 4.79 Å². The molecule has 9 heteroatoms. The SMILES string of the molecule is COc1cc(C2C(C(=O)Nc3cccnc3)=C(C)Nc3nc(-c4cccc(C)c4)nn32)ccc1OCc1ccccc1. The molecule has 0 spiro atoms. The molecule has 2 N–H and O–H groups in total. The molecule has 210 valence electrons. The van der Waals surface area contributed by atoms with Gasteiger partial charge in [-0.2, -0.15) is 4.98 Å². The molecule has 5 aromatic rings. The molecule has 1 aliphatic heterocycles. The van der Waals surface area contributed by atoms with Gasteiger partial charge in [-0.15, -0.1) is 5.10 Å². The first-order chi connectivity index (χ1) is 20.5. The second-order valence-electron chi connectivity index (χ2n) is 10.0. The number of hydrogen-bond acceptors (Lipinski definition) is 7. The summed E-state index contributed by atoms with van der Waals surface area (Å²) in [5.41, 5.74) is 5.58. The molecule has 0 bridgehead atoms. The van der Waals surface area contributed by atoms with Crippen molar-refractivity contribution in [2.75, 3.05) is 17.7 Å². The third-order valence-corrected chi connectivity index (χ3v) is 7.03. The van der Waals surface area contributed by atoms with Crippen molar-refractivity contribution in [1.82, 2.24) is 19.7 Å². The Bertz CT molecular complexity index is 1770. The van der Waals surface area contributed by atoms with E-state index in [1.807, 2.05) is 86.6 Å². The van der Waals surface area contributed by atoms with E-state index < -0.39 is 6.04 Å². The van der Waals surface area contributed by atoms with Crippen LogP contribution in [0.2, 0.25) is 0 Å². The normalized spacial score (nSPS) is 14.1. The predicted molar refractivity (Wildman–Crippen MR) is 161 cm³/mol. The number of pyridine rings is 1. The Labute approximate surface area is 243 Å². The smallest absolute Gasteiger partial charge is 0.255 e. The van der Waals surface area contributed by atoms with Gasteiger partial charge in [0.15, 0.2) is 17.3 Å². The Hall–Kier alpha value is -5.44. The Balaban J connectivity index is 1.41. The summed E-state index contributed by atoms with van der Waals surface area (Å²) in [5.74, 6) is 1.96. The van der Waals surface area contributed by atoms with Gasteiger partial charge in [-0.25, -0.2) is 4.68 Å². The first-order valence-corrected chi connectivity index (χ1v) is 13.6. The molecule has 6 rings (SSSR count). The summed E-state index contributed by atoms with van der Waals surface area (Å²) in [6.07, 6.45) is 3.27. The summed E-state index contributed by atoms with van der Waals surface area (Å²) in [6, 6.07) is 26.6. The van der Waals surface area contributed by atoms with Crippen LogP contribution in [0, 0.1) is 6.92 Å². The minimum atomic E-state index is -0.596. The van der Waals surface area contributed by atoms with Crippen LogP contribution in [0.4, 0.5) is 11.6 Å².